The van der Waals surface area contributed by atoms with Gasteiger partial charge < -0.3 is 5.32 Å². The van der Waals surface area contributed by atoms with Gasteiger partial charge in [-0.2, -0.15) is 10.2 Å². The molecule has 0 bridgehead atoms. The molecule has 4 rings (SSSR count). The minimum absolute atomic E-state index is 0.0389. The fourth-order valence-corrected chi connectivity index (χ4v) is 3.16. The smallest absolute Gasteiger partial charge is 0.220 e. The number of para-hydroxylation sites is 1. The van der Waals surface area contributed by atoms with Gasteiger partial charge in [0.25, 0.3) is 0 Å². The highest BCUT2D eigenvalue weighted by Crippen LogP contribution is 2.40. The molecular formula is C20H22N6O. The highest BCUT2D eigenvalue weighted by molar-refractivity contribution is 5.75. The number of hydrogen-bond acceptors (Lipinski definition) is 5. The first-order valence-corrected chi connectivity index (χ1v) is 9.35. The summed E-state index contributed by atoms with van der Waals surface area (Å²) in [6.45, 7) is 0.346. The van der Waals surface area contributed by atoms with Crippen LogP contribution in [-0.2, 0) is 11.3 Å². The van der Waals surface area contributed by atoms with E-state index in [9.17, 15) is 4.79 Å². The molecule has 0 spiro atoms. The van der Waals surface area contributed by atoms with Gasteiger partial charge in [-0.1, -0.05) is 18.2 Å². The Morgan fingerprint density at radius 1 is 1.22 bits per heavy atom. The standard InChI is InChI=1S/C20H22N6O/c1-2-3-12-20(24-25-20)13-11-18(27)21-14-17-22-23-19(15-9-10-15)26(17)16-7-5-4-6-8-16/h1,4-8,15H,3,9-14H2,(H,21,27). The lowest BCUT2D eigenvalue weighted by molar-refractivity contribution is -0.121. The van der Waals surface area contributed by atoms with Crippen molar-refractivity contribution in [1.29, 1.82) is 0 Å². The first-order chi connectivity index (χ1) is 13.2. The molecule has 138 valence electrons. The summed E-state index contributed by atoms with van der Waals surface area (Å²) in [6.07, 6.45) is 9.88. The van der Waals surface area contributed by atoms with Crippen LogP contribution in [0, 0.1) is 12.3 Å². The van der Waals surface area contributed by atoms with Crippen molar-refractivity contribution >= 4 is 5.91 Å². The molecule has 0 saturated heterocycles. The number of rotatable bonds is 9. The summed E-state index contributed by atoms with van der Waals surface area (Å²) in [6, 6.07) is 10.0. The minimum atomic E-state index is -0.424. The van der Waals surface area contributed by atoms with Crippen molar-refractivity contribution in [3.05, 3.63) is 42.0 Å². The largest absolute Gasteiger partial charge is 0.349 e. The van der Waals surface area contributed by atoms with Gasteiger partial charge in [-0.25, -0.2) is 0 Å². The molecule has 27 heavy (non-hydrogen) atoms. The molecule has 1 aliphatic heterocycles. The maximum absolute atomic E-state index is 12.3. The Morgan fingerprint density at radius 2 is 2.00 bits per heavy atom. The van der Waals surface area contributed by atoms with Gasteiger partial charge >= 0.3 is 0 Å². The Balaban J connectivity index is 1.37. The van der Waals surface area contributed by atoms with Gasteiger partial charge in [0.15, 0.2) is 11.5 Å². The predicted octanol–water partition coefficient (Wildman–Crippen LogP) is 3.12. The highest BCUT2D eigenvalue weighted by atomic mass is 16.1. The maximum atomic E-state index is 12.3. The molecule has 7 nitrogen and oxygen atoms in total. The number of carbonyl (C=O) groups is 1. The third kappa shape index (κ3) is 4.05. The Labute approximate surface area is 158 Å². The van der Waals surface area contributed by atoms with E-state index in [-0.39, 0.29) is 5.91 Å². The first kappa shape index (κ1) is 17.4. The molecule has 0 radical (unpaired) electrons. The van der Waals surface area contributed by atoms with Crippen molar-refractivity contribution < 1.29 is 4.79 Å². The molecule has 2 aliphatic rings. The summed E-state index contributed by atoms with van der Waals surface area (Å²) < 4.78 is 2.07. The molecule has 2 heterocycles. The van der Waals surface area contributed by atoms with Gasteiger partial charge in [0.1, 0.15) is 5.82 Å². The number of nitrogens with zero attached hydrogens (tertiary/aromatic N) is 5. The molecule has 1 aliphatic carbocycles. The van der Waals surface area contributed by atoms with Crippen LogP contribution in [0.2, 0.25) is 0 Å². The van der Waals surface area contributed by atoms with E-state index in [4.69, 9.17) is 6.42 Å². The molecule has 1 N–H and O–H groups in total. The van der Waals surface area contributed by atoms with Crippen LogP contribution in [0.3, 0.4) is 0 Å². The molecular weight excluding hydrogens is 340 g/mol. The zero-order valence-corrected chi connectivity index (χ0v) is 15.1. The zero-order valence-electron chi connectivity index (χ0n) is 15.1. The molecule has 2 aromatic rings. The zero-order chi connectivity index (χ0) is 18.7. The molecule has 7 heteroatoms. The fourth-order valence-electron chi connectivity index (χ4n) is 3.16. The second-order valence-corrected chi connectivity index (χ2v) is 7.08. The molecule has 1 aromatic carbocycles. The van der Waals surface area contributed by atoms with Crippen LogP contribution in [0.25, 0.3) is 5.69 Å². The number of aromatic nitrogens is 3. The van der Waals surface area contributed by atoms with E-state index in [1.54, 1.807) is 0 Å². The number of hydrogen-bond donors (Lipinski definition) is 1. The number of amides is 1. The highest BCUT2D eigenvalue weighted by Gasteiger charge is 2.39. The van der Waals surface area contributed by atoms with Crippen LogP contribution in [0.4, 0.5) is 0 Å². The number of terminal acetylenes is 1. The lowest BCUT2D eigenvalue weighted by Crippen LogP contribution is -2.26. The van der Waals surface area contributed by atoms with Crippen LogP contribution in [0.15, 0.2) is 40.6 Å². The lowest BCUT2D eigenvalue weighted by atomic mass is 10.0. The molecule has 1 fully saturated rings. The van der Waals surface area contributed by atoms with E-state index < -0.39 is 5.66 Å². The fraction of sp³-hybridized carbons (Fsp3) is 0.450. The Kier molecular flexibility index (Phi) is 4.71. The van der Waals surface area contributed by atoms with Gasteiger partial charge in [-0.05, 0) is 25.0 Å². The van der Waals surface area contributed by atoms with Gasteiger partial charge in [-0.3, -0.25) is 9.36 Å². The van der Waals surface area contributed by atoms with Crippen LogP contribution in [0.5, 0.6) is 0 Å². The van der Waals surface area contributed by atoms with E-state index in [0.29, 0.717) is 38.1 Å². The van der Waals surface area contributed by atoms with Crippen molar-refractivity contribution in [2.75, 3.05) is 0 Å². The summed E-state index contributed by atoms with van der Waals surface area (Å²) >= 11 is 0. The normalized spacial score (nSPS) is 16.7. The molecule has 1 amide bonds. The third-order valence-corrected chi connectivity index (χ3v) is 4.96. The molecule has 1 saturated carbocycles. The van der Waals surface area contributed by atoms with Crippen molar-refractivity contribution in [2.24, 2.45) is 10.2 Å². The monoisotopic (exact) mass is 362 g/mol. The van der Waals surface area contributed by atoms with Gasteiger partial charge in [0.2, 0.25) is 5.91 Å². The minimum Gasteiger partial charge on any atom is -0.349 e. The Hall–Kier alpha value is -3.01. The van der Waals surface area contributed by atoms with E-state index in [2.05, 4.69) is 36.2 Å². The number of nitrogens with one attached hydrogen (secondary N) is 1. The second-order valence-electron chi connectivity index (χ2n) is 7.08. The second kappa shape index (κ2) is 7.31. The number of carbonyl (C=O) groups excluding carboxylic acids is 1. The van der Waals surface area contributed by atoms with E-state index in [0.717, 1.165) is 30.2 Å². The van der Waals surface area contributed by atoms with Crippen molar-refractivity contribution in [2.45, 2.75) is 56.7 Å². The van der Waals surface area contributed by atoms with Gasteiger partial charge in [0, 0.05) is 37.3 Å². The molecule has 1 aromatic heterocycles. The van der Waals surface area contributed by atoms with Crippen molar-refractivity contribution in [1.82, 2.24) is 20.1 Å². The summed E-state index contributed by atoms with van der Waals surface area (Å²) in [7, 11) is 0. The maximum Gasteiger partial charge on any atom is 0.220 e. The van der Waals surface area contributed by atoms with Gasteiger partial charge in [-0.15, -0.1) is 22.5 Å². The topological polar surface area (TPSA) is 84.5 Å². The summed E-state index contributed by atoms with van der Waals surface area (Å²) in [4.78, 5) is 12.3. The summed E-state index contributed by atoms with van der Waals surface area (Å²) in [5, 5.41) is 19.8. The van der Waals surface area contributed by atoms with Crippen LogP contribution in [0.1, 0.15) is 56.1 Å². The molecule has 0 unspecified atom stereocenters. The SMILES string of the molecule is C#CCCC1(CCC(=O)NCc2nnc(C3CC3)n2-c2ccccc2)N=N1. The van der Waals surface area contributed by atoms with Gasteiger partial charge in [0.05, 0.1) is 6.54 Å². The average Bonchev–Trinajstić information content (AvgIpc) is 3.63. The van der Waals surface area contributed by atoms with E-state index >= 15 is 0 Å². The predicted molar refractivity (Wildman–Crippen MR) is 100 cm³/mol. The van der Waals surface area contributed by atoms with Crippen LogP contribution in [-0.4, -0.2) is 26.3 Å². The third-order valence-electron chi connectivity index (χ3n) is 4.96. The Morgan fingerprint density at radius 3 is 2.67 bits per heavy atom. The lowest BCUT2D eigenvalue weighted by Gasteiger charge is -2.11. The van der Waals surface area contributed by atoms with Crippen molar-refractivity contribution in [3.63, 3.8) is 0 Å². The quantitative estimate of drug-likeness (QED) is 0.696. The average molecular weight is 362 g/mol. The van der Waals surface area contributed by atoms with E-state index in [1.807, 2.05) is 30.3 Å². The summed E-state index contributed by atoms with van der Waals surface area (Å²) in [5.41, 5.74) is 0.602. The number of benzene rings is 1. The Bertz CT molecular complexity index is 885. The van der Waals surface area contributed by atoms with Crippen LogP contribution >= 0.6 is 0 Å². The first-order valence-electron chi connectivity index (χ1n) is 9.35. The molecule has 0 atom stereocenters. The van der Waals surface area contributed by atoms with Crippen LogP contribution < -0.4 is 5.32 Å². The van der Waals surface area contributed by atoms with E-state index in [1.165, 1.54) is 0 Å². The van der Waals surface area contributed by atoms with Crippen molar-refractivity contribution in [3.8, 4) is 18.0 Å². The summed E-state index contributed by atoms with van der Waals surface area (Å²) in [5.74, 6) is 4.76.